The molecule has 1 aromatic carbocycles. The number of hydrogen-bond donors (Lipinski definition) is 1. The molecule has 1 aromatic rings. The van der Waals surface area contributed by atoms with Crippen LogP contribution < -0.4 is 5.73 Å². The molecule has 1 amide bonds. The minimum atomic E-state index is -3.73. The number of likely N-dealkylation sites (N-methyl/N-ethyl adjacent to an activating group) is 1. The van der Waals surface area contributed by atoms with Gasteiger partial charge in [0.25, 0.3) is 0 Å². The first-order chi connectivity index (χ1) is 9.84. The predicted octanol–water partition coefficient (Wildman–Crippen LogP) is 0.634. The van der Waals surface area contributed by atoms with Crippen LogP contribution in [-0.4, -0.2) is 50.7 Å². The second-order valence-electron chi connectivity index (χ2n) is 4.94. The Hall–Kier alpha value is -1.44. The van der Waals surface area contributed by atoms with Crippen molar-refractivity contribution in [3.05, 3.63) is 29.8 Å². The van der Waals surface area contributed by atoms with Crippen LogP contribution in [0.2, 0.25) is 0 Å². The summed E-state index contributed by atoms with van der Waals surface area (Å²) in [4.78, 5) is 13.4. The van der Waals surface area contributed by atoms with E-state index in [1.807, 2.05) is 6.92 Å². The van der Waals surface area contributed by atoms with Crippen molar-refractivity contribution >= 4 is 15.9 Å². The third-order valence-electron chi connectivity index (χ3n) is 3.09. The van der Waals surface area contributed by atoms with E-state index >= 15 is 0 Å². The van der Waals surface area contributed by atoms with Gasteiger partial charge in [-0.3, -0.25) is 4.79 Å². The van der Waals surface area contributed by atoms with Crippen LogP contribution in [0.25, 0.3) is 0 Å². The Bertz CT molecular complexity index is 585. The maximum Gasteiger partial charge on any atom is 0.243 e. The van der Waals surface area contributed by atoms with Gasteiger partial charge < -0.3 is 10.6 Å². The maximum atomic E-state index is 12.8. The second kappa shape index (κ2) is 7.53. The number of nitrogens with two attached hydrogens (primary N) is 1. The Kier molecular flexibility index (Phi) is 6.32. The van der Waals surface area contributed by atoms with Crippen molar-refractivity contribution in [3.63, 3.8) is 0 Å². The average Bonchev–Trinajstić information content (AvgIpc) is 2.46. The summed E-state index contributed by atoms with van der Waals surface area (Å²) in [6.07, 6.45) is 0.630. The highest BCUT2D eigenvalue weighted by atomic mass is 32.2. The van der Waals surface area contributed by atoms with E-state index in [0.29, 0.717) is 18.5 Å². The van der Waals surface area contributed by atoms with E-state index in [9.17, 15) is 13.2 Å². The molecule has 0 atom stereocenters. The maximum absolute atomic E-state index is 12.8. The first kappa shape index (κ1) is 17.6. The van der Waals surface area contributed by atoms with Crippen molar-refractivity contribution in [2.75, 3.05) is 27.2 Å². The summed E-state index contributed by atoms with van der Waals surface area (Å²) in [6.45, 7) is 2.14. The van der Waals surface area contributed by atoms with Crippen LogP contribution in [0.3, 0.4) is 0 Å². The highest BCUT2D eigenvalue weighted by Gasteiger charge is 2.28. The zero-order chi connectivity index (χ0) is 16.0. The number of nitrogens with zero attached hydrogens (tertiary/aromatic N) is 2. The van der Waals surface area contributed by atoms with E-state index in [-0.39, 0.29) is 23.9 Å². The lowest BCUT2D eigenvalue weighted by Gasteiger charge is -2.23. The molecule has 1 rings (SSSR count). The minimum absolute atomic E-state index is 0.136. The van der Waals surface area contributed by atoms with Gasteiger partial charge in [0.1, 0.15) is 0 Å². The van der Waals surface area contributed by atoms with Crippen LogP contribution in [-0.2, 0) is 21.4 Å². The van der Waals surface area contributed by atoms with Crippen molar-refractivity contribution < 1.29 is 13.2 Å². The van der Waals surface area contributed by atoms with Gasteiger partial charge in [0.15, 0.2) is 0 Å². The third kappa shape index (κ3) is 4.26. The molecule has 118 valence electrons. The second-order valence-corrected chi connectivity index (χ2v) is 6.84. The van der Waals surface area contributed by atoms with Gasteiger partial charge in [-0.1, -0.05) is 25.1 Å². The van der Waals surface area contributed by atoms with Gasteiger partial charge in [-0.05, 0) is 18.1 Å². The fourth-order valence-corrected chi connectivity index (χ4v) is 3.60. The smallest absolute Gasteiger partial charge is 0.243 e. The molecule has 0 bridgehead atoms. The van der Waals surface area contributed by atoms with E-state index in [1.165, 1.54) is 15.3 Å². The summed E-state index contributed by atoms with van der Waals surface area (Å²) in [6, 6.07) is 6.62. The number of rotatable bonds is 7. The minimum Gasteiger partial charge on any atom is -0.348 e. The molecule has 0 aliphatic rings. The lowest BCUT2D eigenvalue weighted by atomic mass is 10.2. The molecule has 0 heterocycles. The number of carbonyl (C=O) groups is 1. The van der Waals surface area contributed by atoms with Crippen molar-refractivity contribution in [2.24, 2.45) is 5.73 Å². The van der Waals surface area contributed by atoms with Crippen molar-refractivity contribution in [3.8, 4) is 0 Å². The van der Waals surface area contributed by atoms with E-state index in [1.54, 1.807) is 32.3 Å². The third-order valence-corrected chi connectivity index (χ3v) is 5.04. The molecule has 6 nitrogen and oxygen atoms in total. The van der Waals surface area contributed by atoms with Gasteiger partial charge in [0, 0.05) is 27.2 Å². The Labute approximate surface area is 126 Å². The summed E-state index contributed by atoms with van der Waals surface area (Å²) in [7, 11) is -0.521. The first-order valence-corrected chi connectivity index (χ1v) is 8.26. The number of amides is 1. The van der Waals surface area contributed by atoms with E-state index in [4.69, 9.17) is 5.73 Å². The van der Waals surface area contributed by atoms with Crippen LogP contribution in [0.5, 0.6) is 0 Å². The highest BCUT2D eigenvalue weighted by molar-refractivity contribution is 7.89. The van der Waals surface area contributed by atoms with Gasteiger partial charge in [-0.25, -0.2) is 8.42 Å². The summed E-state index contributed by atoms with van der Waals surface area (Å²) in [5, 5.41) is 0. The zero-order valence-electron chi connectivity index (χ0n) is 12.7. The number of hydrogen-bond acceptors (Lipinski definition) is 4. The standard InChI is InChI=1S/C14H23N3O3S/c1-4-9-17(11-14(18)16(2)3)21(19,20)13-8-6-5-7-12(13)10-15/h5-8H,4,9-11,15H2,1-3H3. The monoisotopic (exact) mass is 313 g/mol. The molecule has 0 unspecified atom stereocenters. The number of carbonyl (C=O) groups excluding carboxylic acids is 1. The Morgan fingerprint density at radius 3 is 2.38 bits per heavy atom. The van der Waals surface area contributed by atoms with Crippen molar-refractivity contribution in [1.82, 2.24) is 9.21 Å². The summed E-state index contributed by atoms with van der Waals surface area (Å²) < 4.78 is 26.7. The van der Waals surface area contributed by atoms with Gasteiger partial charge in [-0.2, -0.15) is 4.31 Å². The predicted molar refractivity (Wildman–Crippen MR) is 82.1 cm³/mol. The quantitative estimate of drug-likeness (QED) is 0.800. The van der Waals surface area contributed by atoms with Crippen LogP contribution in [0, 0.1) is 0 Å². The zero-order valence-corrected chi connectivity index (χ0v) is 13.6. The largest absolute Gasteiger partial charge is 0.348 e. The van der Waals surface area contributed by atoms with Gasteiger partial charge >= 0.3 is 0 Å². The lowest BCUT2D eigenvalue weighted by Crippen LogP contribution is -2.41. The highest BCUT2D eigenvalue weighted by Crippen LogP contribution is 2.20. The molecule has 0 radical (unpaired) electrons. The molecule has 0 spiro atoms. The molecule has 0 aliphatic carbocycles. The van der Waals surface area contributed by atoms with Crippen LogP contribution >= 0.6 is 0 Å². The molecule has 7 heteroatoms. The normalized spacial score (nSPS) is 11.7. The molecule has 0 fully saturated rings. The average molecular weight is 313 g/mol. The van der Waals surface area contributed by atoms with Gasteiger partial charge in [0.2, 0.25) is 15.9 Å². The SMILES string of the molecule is CCCN(CC(=O)N(C)C)S(=O)(=O)c1ccccc1CN. The Balaban J connectivity index is 3.18. The van der Waals surface area contributed by atoms with Crippen molar-refractivity contribution in [2.45, 2.75) is 24.8 Å². The van der Waals surface area contributed by atoms with E-state index in [2.05, 4.69) is 0 Å². The van der Waals surface area contributed by atoms with E-state index < -0.39 is 10.0 Å². The molecule has 0 saturated carbocycles. The lowest BCUT2D eigenvalue weighted by molar-refractivity contribution is -0.128. The molecule has 21 heavy (non-hydrogen) atoms. The number of sulfonamides is 1. The fourth-order valence-electron chi connectivity index (χ4n) is 1.89. The molecule has 2 N–H and O–H groups in total. The summed E-state index contributed by atoms with van der Waals surface area (Å²) in [5.41, 5.74) is 6.16. The fraction of sp³-hybridized carbons (Fsp3) is 0.500. The van der Waals surface area contributed by atoms with Gasteiger partial charge in [0.05, 0.1) is 11.4 Å². The molecular formula is C14H23N3O3S. The van der Waals surface area contributed by atoms with Crippen LogP contribution in [0.4, 0.5) is 0 Å². The number of benzene rings is 1. The van der Waals surface area contributed by atoms with Gasteiger partial charge in [-0.15, -0.1) is 0 Å². The molecule has 0 aliphatic heterocycles. The topological polar surface area (TPSA) is 83.7 Å². The molecule has 0 saturated heterocycles. The Morgan fingerprint density at radius 2 is 1.86 bits per heavy atom. The Morgan fingerprint density at radius 1 is 1.24 bits per heavy atom. The van der Waals surface area contributed by atoms with Crippen molar-refractivity contribution in [1.29, 1.82) is 0 Å². The van der Waals surface area contributed by atoms with Crippen LogP contribution in [0.15, 0.2) is 29.2 Å². The molecular weight excluding hydrogens is 290 g/mol. The van der Waals surface area contributed by atoms with E-state index in [0.717, 1.165) is 0 Å². The summed E-state index contributed by atoms with van der Waals surface area (Å²) in [5.74, 6) is -0.253. The van der Waals surface area contributed by atoms with Crippen LogP contribution in [0.1, 0.15) is 18.9 Å². The summed E-state index contributed by atoms with van der Waals surface area (Å²) >= 11 is 0. The molecule has 0 aromatic heterocycles. The first-order valence-electron chi connectivity index (χ1n) is 6.82.